The maximum absolute atomic E-state index is 12.0. The number of carbonyl (C=O) groups excluding carboxylic acids is 2. The zero-order chi connectivity index (χ0) is 18.1. The fourth-order valence-electron chi connectivity index (χ4n) is 2.38. The number of hydrogen-bond donors (Lipinski definition) is 2. The molecule has 3 rings (SSSR count). The van der Waals surface area contributed by atoms with Gasteiger partial charge in [-0.05, 0) is 73.3 Å². The summed E-state index contributed by atoms with van der Waals surface area (Å²) < 4.78 is 6.04. The van der Waals surface area contributed by atoms with Crippen molar-refractivity contribution in [1.29, 1.82) is 0 Å². The molecule has 126 valence electrons. The topological polar surface area (TPSA) is 83.8 Å². The average Bonchev–Trinajstić information content (AvgIpc) is 2.89. The summed E-state index contributed by atoms with van der Waals surface area (Å²) >= 11 is 6.46. The lowest BCUT2D eigenvalue weighted by molar-refractivity contribution is -0.133. The molecule has 2 aromatic carbocycles. The highest BCUT2D eigenvalue weighted by atomic mass is 79.9. The molecule has 0 spiro atoms. The molecule has 0 radical (unpaired) electrons. The van der Waals surface area contributed by atoms with Crippen molar-refractivity contribution in [3.63, 3.8) is 0 Å². The minimum absolute atomic E-state index is 0.00584. The summed E-state index contributed by atoms with van der Waals surface area (Å²) in [6, 6.07) is 9.48. The molecule has 0 aromatic heterocycles. The van der Waals surface area contributed by atoms with Crippen molar-refractivity contribution < 1.29 is 24.5 Å². The van der Waals surface area contributed by atoms with Crippen LogP contribution in [0.25, 0.3) is 11.6 Å². The standard InChI is InChI=1S/C18H10Br2O5/c19-13-6-10(7-14(20)17(13)23)16-12(8-21)18(24)25-15(16)5-9-1-3-11(22)4-2-9/h1-8,22-23H/b15-5-. The Morgan fingerprint density at radius 3 is 2.16 bits per heavy atom. The minimum atomic E-state index is -0.740. The number of esters is 1. The average molecular weight is 466 g/mol. The van der Waals surface area contributed by atoms with E-state index in [9.17, 15) is 19.8 Å². The van der Waals surface area contributed by atoms with E-state index in [0.29, 0.717) is 31.9 Å². The van der Waals surface area contributed by atoms with Crippen molar-refractivity contribution in [2.45, 2.75) is 0 Å². The Morgan fingerprint density at radius 1 is 1.00 bits per heavy atom. The number of carbonyl (C=O) groups is 2. The highest BCUT2D eigenvalue weighted by Gasteiger charge is 2.31. The van der Waals surface area contributed by atoms with E-state index >= 15 is 0 Å². The molecular formula is C18H10Br2O5. The van der Waals surface area contributed by atoms with Crippen LogP contribution in [0.3, 0.4) is 0 Å². The van der Waals surface area contributed by atoms with Crippen LogP contribution >= 0.6 is 31.9 Å². The van der Waals surface area contributed by atoms with Crippen LogP contribution < -0.4 is 0 Å². The number of rotatable bonds is 3. The predicted octanol–water partition coefficient (Wildman–Crippen LogP) is 4.17. The van der Waals surface area contributed by atoms with E-state index in [4.69, 9.17) is 4.74 Å². The Labute approximate surface area is 159 Å². The first-order valence-corrected chi connectivity index (χ1v) is 8.60. The fraction of sp³-hybridized carbons (Fsp3) is 0. The van der Waals surface area contributed by atoms with Gasteiger partial charge in [0.25, 0.3) is 0 Å². The second kappa shape index (κ2) is 6.85. The Bertz CT molecular complexity index is 919. The van der Waals surface area contributed by atoms with E-state index in [1.54, 1.807) is 30.3 Å². The highest BCUT2D eigenvalue weighted by Crippen LogP contribution is 2.41. The van der Waals surface area contributed by atoms with Gasteiger partial charge in [-0.1, -0.05) is 12.1 Å². The van der Waals surface area contributed by atoms with Gasteiger partial charge in [0.1, 0.15) is 22.8 Å². The van der Waals surface area contributed by atoms with Gasteiger partial charge in [-0.3, -0.25) is 4.79 Å². The van der Waals surface area contributed by atoms with Gasteiger partial charge in [0.2, 0.25) is 0 Å². The zero-order valence-electron chi connectivity index (χ0n) is 12.5. The van der Waals surface area contributed by atoms with Gasteiger partial charge in [-0.25, -0.2) is 4.79 Å². The lowest BCUT2D eigenvalue weighted by atomic mass is 9.99. The van der Waals surface area contributed by atoms with Crippen LogP contribution in [-0.4, -0.2) is 22.5 Å². The molecular weight excluding hydrogens is 456 g/mol. The van der Waals surface area contributed by atoms with Crippen LogP contribution in [0.5, 0.6) is 11.5 Å². The zero-order valence-corrected chi connectivity index (χ0v) is 15.7. The molecule has 0 saturated carbocycles. The smallest absolute Gasteiger partial charge is 0.347 e. The summed E-state index contributed by atoms with van der Waals surface area (Å²) in [5.74, 6) is -0.412. The Morgan fingerprint density at radius 2 is 1.60 bits per heavy atom. The lowest BCUT2D eigenvalue weighted by Crippen LogP contribution is -1.99. The fourth-order valence-corrected chi connectivity index (χ4v) is 3.57. The third-order valence-corrected chi connectivity index (χ3v) is 4.76. The largest absolute Gasteiger partial charge is 0.508 e. The Hall–Kier alpha value is -2.38. The van der Waals surface area contributed by atoms with Gasteiger partial charge < -0.3 is 14.9 Å². The first kappa shape index (κ1) is 17.4. The molecule has 0 unspecified atom stereocenters. The predicted molar refractivity (Wildman–Crippen MR) is 98.7 cm³/mol. The second-order valence-corrected chi connectivity index (χ2v) is 6.89. The number of halogens is 2. The number of aromatic hydroxyl groups is 2. The summed E-state index contributed by atoms with van der Waals surface area (Å²) in [6.45, 7) is 0. The van der Waals surface area contributed by atoms with Gasteiger partial charge in [-0.15, -0.1) is 0 Å². The molecule has 1 heterocycles. The van der Waals surface area contributed by atoms with Crippen molar-refractivity contribution in [1.82, 2.24) is 0 Å². The third-order valence-electron chi connectivity index (χ3n) is 3.55. The van der Waals surface area contributed by atoms with E-state index in [1.165, 1.54) is 12.1 Å². The lowest BCUT2D eigenvalue weighted by Gasteiger charge is -2.08. The van der Waals surface area contributed by atoms with Gasteiger partial charge in [0, 0.05) is 5.57 Å². The monoisotopic (exact) mass is 464 g/mol. The van der Waals surface area contributed by atoms with Crippen molar-refractivity contribution in [3.05, 3.63) is 67.8 Å². The molecule has 1 aliphatic heterocycles. The maximum Gasteiger partial charge on any atom is 0.347 e. The second-order valence-electron chi connectivity index (χ2n) is 5.18. The van der Waals surface area contributed by atoms with Crippen LogP contribution in [0.15, 0.2) is 56.7 Å². The molecule has 0 saturated heterocycles. The van der Waals surface area contributed by atoms with Crippen LogP contribution in [0.1, 0.15) is 11.1 Å². The van der Waals surface area contributed by atoms with Gasteiger partial charge >= 0.3 is 5.97 Å². The Balaban J connectivity index is 2.17. The molecule has 25 heavy (non-hydrogen) atoms. The molecule has 2 N–H and O–H groups in total. The third kappa shape index (κ3) is 3.38. The number of phenolic OH excluding ortho intramolecular Hbond substituents is 2. The van der Waals surface area contributed by atoms with Gasteiger partial charge in [-0.2, -0.15) is 0 Å². The number of benzene rings is 2. The number of hydrogen-bond acceptors (Lipinski definition) is 5. The van der Waals surface area contributed by atoms with Crippen LogP contribution in [0.4, 0.5) is 0 Å². The molecule has 0 amide bonds. The number of allylic oxidation sites excluding steroid dienone is 1. The van der Waals surface area contributed by atoms with E-state index in [-0.39, 0.29) is 22.8 Å². The van der Waals surface area contributed by atoms with Gasteiger partial charge in [0.15, 0.2) is 6.29 Å². The minimum Gasteiger partial charge on any atom is -0.508 e. The summed E-state index contributed by atoms with van der Waals surface area (Å²) in [7, 11) is 0. The van der Waals surface area contributed by atoms with Crippen molar-refractivity contribution in [3.8, 4) is 11.5 Å². The summed E-state index contributed by atoms with van der Waals surface area (Å²) in [6.07, 6.45) is 2.04. The van der Waals surface area contributed by atoms with Gasteiger partial charge in [0.05, 0.1) is 8.95 Å². The number of phenols is 2. The SMILES string of the molecule is O=CC1=C(c2cc(Br)c(O)c(Br)c2)/C(=C/c2ccc(O)cc2)OC1=O. The first-order valence-electron chi connectivity index (χ1n) is 7.02. The first-order chi connectivity index (χ1) is 11.9. The number of ether oxygens (including phenoxy) is 1. The number of cyclic esters (lactones) is 1. The molecule has 5 nitrogen and oxygen atoms in total. The molecule has 0 aliphatic carbocycles. The molecule has 0 atom stereocenters. The Kier molecular flexibility index (Phi) is 4.78. The van der Waals surface area contributed by atoms with Crippen LogP contribution in [-0.2, 0) is 14.3 Å². The van der Waals surface area contributed by atoms with E-state index in [2.05, 4.69) is 31.9 Å². The van der Waals surface area contributed by atoms with E-state index in [0.717, 1.165) is 0 Å². The molecule has 1 aliphatic rings. The number of aldehydes is 1. The van der Waals surface area contributed by atoms with Crippen molar-refractivity contribution in [2.75, 3.05) is 0 Å². The normalized spacial score (nSPS) is 15.6. The quantitative estimate of drug-likeness (QED) is 0.403. The van der Waals surface area contributed by atoms with Crippen LogP contribution in [0, 0.1) is 0 Å². The molecule has 2 aromatic rings. The molecule has 0 bridgehead atoms. The summed E-state index contributed by atoms with van der Waals surface area (Å²) in [5.41, 5.74) is 1.43. The maximum atomic E-state index is 12.0. The van der Waals surface area contributed by atoms with Crippen molar-refractivity contribution >= 4 is 55.8 Å². The summed E-state index contributed by atoms with van der Waals surface area (Å²) in [4.78, 5) is 23.4. The highest BCUT2D eigenvalue weighted by molar-refractivity contribution is 9.11. The molecule has 0 fully saturated rings. The van der Waals surface area contributed by atoms with E-state index in [1.807, 2.05) is 0 Å². The molecule has 7 heteroatoms. The van der Waals surface area contributed by atoms with E-state index < -0.39 is 5.97 Å². The summed E-state index contributed by atoms with van der Waals surface area (Å²) in [5, 5.41) is 19.2. The van der Waals surface area contributed by atoms with Crippen molar-refractivity contribution in [2.24, 2.45) is 0 Å². The van der Waals surface area contributed by atoms with Crippen LogP contribution in [0.2, 0.25) is 0 Å².